The molecule has 8 heteroatoms. The molecule has 1 aliphatic rings. The first-order valence-corrected chi connectivity index (χ1v) is 3.55. The Morgan fingerprint density at radius 1 is 1.00 bits per heavy atom. The first-order chi connectivity index (χ1) is 5.95. The molecule has 1 rings (SSSR count). The Morgan fingerprint density at radius 2 is 1.50 bits per heavy atom. The van der Waals surface area contributed by atoms with Crippen molar-refractivity contribution < 1.29 is 40.5 Å². The molecular weight excluding hydrogens is 200 g/mol. The summed E-state index contributed by atoms with van der Waals surface area (Å²) in [5, 5.41) is 44.4. The fraction of sp³-hybridized carbons (Fsp3) is 0.833. The first-order valence-electron chi connectivity index (χ1n) is 3.55. The number of rotatable bonds is 1. The lowest BCUT2D eigenvalue weighted by atomic mass is 9.99. The largest absolute Gasteiger partial charge is 0.479 e. The third-order valence-electron chi connectivity index (χ3n) is 1.83. The van der Waals surface area contributed by atoms with Crippen LogP contribution in [0.15, 0.2) is 0 Å². The SMILES string of the molecule is O.O=C(O)C1O[C@H](O)C(O)C(O)C1O. The van der Waals surface area contributed by atoms with E-state index in [0.29, 0.717) is 0 Å². The van der Waals surface area contributed by atoms with Gasteiger partial charge in [-0.15, -0.1) is 0 Å². The summed E-state index contributed by atoms with van der Waals surface area (Å²) in [6.45, 7) is 0. The number of carboxylic acid groups (broad SMARTS) is 1. The summed E-state index contributed by atoms with van der Waals surface area (Å²) < 4.78 is 4.34. The fourth-order valence-electron chi connectivity index (χ4n) is 1.07. The molecule has 1 aliphatic heterocycles. The minimum Gasteiger partial charge on any atom is -0.479 e. The summed E-state index contributed by atoms with van der Waals surface area (Å²) in [4.78, 5) is 10.4. The molecule has 0 aromatic carbocycles. The average molecular weight is 212 g/mol. The van der Waals surface area contributed by atoms with Crippen molar-refractivity contribution >= 4 is 5.97 Å². The lowest BCUT2D eigenvalue weighted by molar-refractivity contribution is -0.279. The zero-order chi connectivity index (χ0) is 10.2. The van der Waals surface area contributed by atoms with Crippen LogP contribution in [-0.2, 0) is 9.53 Å². The maximum atomic E-state index is 10.4. The fourth-order valence-corrected chi connectivity index (χ4v) is 1.07. The highest BCUT2D eigenvalue weighted by atomic mass is 16.6. The Balaban J connectivity index is 0.00000169. The topological polar surface area (TPSA) is 159 Å². The van der Waals surface area contributed by atoms with Gasteiger partial charge in [-0.1, -0.05) is 0 Å². The molecule has 5 atom stereocenters. The van der Waals surface area contributed by atoms with Crippen molar-refractivity contribution in [2.45, 2.75) is 30.7 Å². The van der Waals surface area contributed by atoms with Crippen LogP contribution in [0.2, 0.25) is 0 Å². The molecular formula is C6H12O8. The van der Waals surface area contributed by atoms with Gasteiger partial charge in [0.1, 0.15) is 18.3 Å². The standard InChI is InChI=1S/C6H10O7.H2O/c7-1-2(8)4(5(10)11)13-6(12)3(1)9;/h1-4,6-9,12H,(H,10,11);1H2/t1?,2?,3?,4?,6-;/m0./s1. The van der Waals surface area contributed by atoms with Gasteiger partial charge in [-0.25, -0.2) is 4.79 Å². The molecule has 14 heavy (non-hydrogen) atoms. The van der Waals surface area contributed by atoms with Gasteiger partial charge in [-0.05, 0) is 0 Å². The van der Waals surface area contributed by atoms with E-state index in [1.165, 1.54) is 0 Å². The number of aliphatic hydroxyl groups is 4. The Kier molecular flexibility index (Phi) is 4.39. The Labute approximate surface area is 78.3 Å². The van der Waals surface area contributed by atoms with Gasteiger partial charge in [0, 0.05) is 0 Å². The van der Waals surface area contributed by atoms with Crippen LogP contribution in [0.1, 0.15) is 0 Å². The first kappa shape index (κ1) is 13.2. The van der Waals surface area contributed by atoms with Gasteiger partial charge in [-0.3, -0.25) is 0 Å². The smallest absolute Gasteiger partial charge is 0.335 e. The van der Waals surface area contributed by atoms with E-state index in [2.05, 4.69) is 4.74 Å². The lowest BCUT2D eigenvalue weighted by Gasteiger charge is -2.36. The van der Waals surface area contributed by atoms with E-state index in [9.17, 15) is 4.79 Å². The monoisotopic (exact) mass is 212 g/mol. The lowest BCUT2D eigenvalue weighted by Crippen LogP contribution is -2.59. The van der Waals surface area contributed by atoms with E-state index < -0.39 is 36.7 Å². The van der Waals surface area contributed by atoms with E-state index >= 15 is 0 Å². The molecule has 1 heterocycles. The van der Waals surface area contributed by atoms with Crippen molar-refractivity contribution in [2.75, 3.05) is 0 Å². The van der Waals surface area contributed by atoms with Gasteiger partial charge < -0.3 is 35.7 Å². The van der Waals surface area contributed by atoms with E-state index in [4.69, 9.17) is 25.5 Å². The summed E-state index contributed by atoms with van der Waals surface area (Å²) in [6, 6.07) is 0. The summed E-state index contributed by atoms with van der Waals surface area (Å²) in [7, 11) is 0. The highest BCUT2D eigenvalue weighted by molar-refractivity contribution is 5.73. The molecule has 0 saturated carbocycles. The number of ether oxygens (including phenoxy) is 1. The van der Waals surface area contributed by atoms with E-state index in [1.54, 1.807) is 0 Å². The molecule has 0 aromatic heterocycles. The number of aliphatic hydroxyl groups excluding tert-OH is 4. The van der Waals surface area contributed by atoms with Gasteiger partial charge >= 0.3 is 5.97 Å². The van der Waals surface area contributed by atoms with Gasteiger partial charge in [0.2, 0.25) is 0 Å². The molecule has 84 valence electrons. The molecule has 0 aliphatic carbocycles. The van der Waals surface area contributed by atoms with Crippen LogP contribution < -0.4 is 0 Å². The number of hydrogen-bond acceptors (Lipinski definition) is 6. The highest BCUT2D eigenvalue weighted by Crippen LogP contribution is 2.19. The van der Waals surface area contributed by atoms with Crippen molar-refractivity contribution in [2.24, 2.45) is 0 Å². The second kappa shape index (κ2) is 4.64. The van der Waals surface area contributed by atoms with E-state index in [0.717, 1.165) is 0 Å². The molecule has 7 N–H and O–H groups in total. The van der Waals surface area contributed by atoms with Crippen molar-refractivity contribution in [3.8, 4) is 0 Å². The molecule has 4 unspecified atom stereocenters. The van der Waals surface area contributed by atoms with Gasteiger partial charge in [0.15, 0.2) is 12.4 Å². The van der Waals surface area contributed by atoms with Crippen LogP contribution in [0.5, 0.6) is 0 Å². The zero-order valence-electron chi connectivity index (χ0n) is 6.94. The van der Waals surface area contributed by atoms with E-state index in [1.807, 2.05) is 0 Å². The van der Waals surface area contributed by atoms with Crippen LogP contribution >= 0.6 is 0 Å². The van der Waals surface area contributed by atoms with Gasteiger partial charge in [0.25, 0.3) is 0 Å². The molecule has 0 bridgehead atoms. The third-order valence-corrected chi connectivity index (χ3v) is 1.83. The maximum absolute atomic E-state index is 10.4. The minimum absolute atomic E-state index is 0. The molecule has 0 aromatic rings. The van der Waals surface area contributed by atoms with Crippen LogP contribution in [0, 0.1) is 0 Å². The summed E-state index contributed by atoms with van der Waals surface area (Å²) in [5.74, 6) is -1.52. The number of carbonyl (C=O) groups is 1. The van der Waals surface area contributed by atoms with E-state index in [-0.39, 0.29) is 5.48 Å². The second-order valence-electron chi connectivity index (χ2n) is 2.76. The summed E-state index contributed by atoms with van der Waals surface area (Å²) in [5.41, 5.74) is 0. The van der Waals surface area contributed by atoms with Crippen LogP contribution in [0.25, 0.3) is 0 Å². The molecule has 0 radical (unpaired) electrons. The third kappa shape index (κ3) is 2.18. The van der Waals surface area contributed by atoms with Gasteiger partial charge in [0.05, 0.1) is 0 Å². The second-order valence-corrected chi connectivity index (χ2v) is 2.76. The maximum Gasteiger partial charge on any atom is 0.335 e. The summed E-state index contributed by atoms with van der Waals surface area (Å²) >= 11 is 0. The predicted octanol–water partition coefficient (Wildman–Crippen LogP) is -3.95. The Morgan fingerprint density at radius 3 is 1.93 bits per heavy atom. The van der Waals surface area contributed by atoms with Crippen LogP contribution in [0.3, 0.4) is 0 Å². The average Bonchev–Trinajstić information content (AvgIpc) is 2.07. The molecule has 8 nitrogen and oxygen atoms in total. The molecule has 0 amide bonds. The van der Waals surface area contributed by atoms with Crippen molar-refractivity contribution in [3.05, 3.63) is 0 Å². The quantitative estimate of drug-likeness (QED) is 0.296. The normalized spacial score (nSPS) is 42.7. The highest BCUT2D eigenvalue weighted by Gasteiger charge is 2.46. The Bertz CT molecular complexity index is 206. The van der Waals surface area contributed by atoms with Crippen molar-refractivity contribution in [3.63, 3.8) is 0 Å². The number of aliphatic carboxylic acids is 1. The van der Waals surface area contributed by atoms with Crippen LogP contribution in [-0.4, -0.2) is 67.7 Å². The molecule has 1 fully saturated rings. The number of hydrogen-bond donors (Lipinski definition) is 5. The van der Waals surface area contributed by atoms with Gasteiger partial charge in [-0.2, -0.15) is 0 Å². The molecule has 0 spiro atoms. The van der Waals surface area contributed by atoms with Crippen molar-refractivity contribution in [1.29, 1.82) is 0 Å². The number of carboxylic acids is 1. The van der Waals surface area contributed by atoms with Crippen molar-refractivity contribution in [1.82, 2.24) is 0 Å². The molecule has 1 saturated heterocycles. The zero-order valence-corrected chi connectivity index (χ0v) is 6.94. The summed E-state index contributed by atoms with van der Waals surface area (Å²) in [6.07, 6.45) is -8.72. The van der Waals surface area contributed by atoms with Crippen LogP contribution in [0.4, 0.5) is 0 Å². The predicted molar refractivity (Wildman–Crippen MR) is 40.1 cm³/mol. The minimum atomic E-state index is -1.81. The Hall–Kier alpha value is -0.770.